The van der Waals surface area contributed by atoms with Gasteiger partial charge in [-0.2, -0.15) is 18.3 Å². The molecule has 1 N–H and O–H groups in total. The van der Waals surface area contributed by atoms with Gasteiger partial charge in [0.15, 0.2) is 5.69 Å². The van der Waals surface area contributed by atoms with Crippen LogP contribution in [0.3, 0.4) is 0 Å². The van der Waals surface area contributed by atoms with Crippen LogP contribution in [0.2, 0.25) is 10.0 Å². The van der Waals surface area contributed by atoms with Gasteiger partial charge in [-0.3, -0.25) is 9.48 Å². The minimum Gasteiger partial charge on any atom is -0.347 e. The maximum Gasteiger partial charge on any atom is 0.435 e. The topological polar surface area (TPSA) is 46.9 Å². The third-order valence-electron chi connectivity index (χ3n) is 2.84. The van der Waals surface area contributed by atoms with E-state index in [4.69, 9.17) is 23.2 Å². The van der Waals surface area contributed by atoms with E-state index < -0.39 is 17.8 Å². The Hall–Kier alpha value is -1.73. The summed E-state index contributed by atoms with van der Waals surface area (Å²) in [6.07, 6.45) is -4.60. The molecule has 0 saturated carbocycles. The summed E-state index contributed by atoms with van der Waals surface area (Å²) < 4.78 is 38.5. The molecule has 1 heterocycles. The van der Waals surface area contributed by atoms with E-state index in [0.29, 0.717) is 21.7 Å². The molecule has 1 aromatic carbocycles. The van der Waals surface area contributed by atoms with Crippen molar-refractivity contribution in [3.8, 4) is 0 Å². The summed E-state index contributed by atoms with van der Waals surface area (Å²) in [5, 5.41) is 6.48. The number of carbonyl (C=O) groups is 1. The molecule has 0 spiro atoms. The summed E-state index contributed by atoms with van der Waals surface area (Å²) in [5.74, 6) is -0.670. The van der Waals surface area contributed by atoms with Gasteiger partial charge < -0.3 is 5.32 Å². The molecular formula is C13H10Cl2F3N3O. The standard InChI is InChI=1S/C13H10Cl2F3N3O/c1-21-10(5-11(20-21)13(16,17)18)12(22)19-6-7-2-3-8(14)9(15)4-7/h2-5H,6H2,1H3,(H,19,22). The molecule has 0 fully saturated rings. The summed E-state index contributed by atoms with van der Waals surface area (Å²) in [5.41, 5.74) is -0.636. The second kappa shape index (κ2) is 6.18. The predicted molar refractivity (Wildman–Crippen MR) is 75.8 cm³/mol. The normalized spacial score (nSPS) is 11.5. The summed E-state index contributed by atoms with van der Waals surface area (Å²) >= 11 is 11.6. The molecule has 4 nitrogen and oxygen atoms in total. The number of rotatable bonds is 3. The van der Waals surface area contributed by atoms with Crippen LogP contribution in [0.1, 0.15) is 21.7 Å². The van der Waals surface area contributed by atoms with Gasteiger partial charge in [0.1, 0.15) is 5.69 Å². The Balaban J connectivity index is 2.09. The van der Waals surface area contributed by atoms with Crippen LogP contribution < -0.4 is 5.32 Å². The van der Waals surface area contributed by atoms with E-state index in [0.717, 1.165) is 4.68 Å². The molecule has 0 unspecified atom stereocenters. The largest absolute Gasteiger partial charge is 0.435 e. The number of halogens is 5. The molecule has 1 aromatic heterocycles. The van der Waals surface area contributed by atoms with Crippen LogP contribution in [0.5, 0.6) is 0 Å². The van der Waals surface area contributed by atoms with Crippen LogP contribution >= 0.6 is 23.2 Å². The molecule has 2 rings (SSSR count). The zero-order valence-corrected chi connectivity index (χ0v) is 12.7. The second-order valence-electron chi connectivity index (χ2n) is 4.47. The van der Waals surface area contributed by atoms with Gasteiger partial charge in [-0.1, -0.05) is 29.3 Å². The summed E-state index contributed by atoms with van der Waals surface area (Å²) in [6.45, 7) is 0.0995. The zero-order valence-electron chi connectivity index (χ0n) is 11.2. The lowest BCUT2D eigenvalue weighted by molar-refractivity contribution is -0.141. The van der Waals surface area contributed by atoms with E-state index in [1.165, 1.54) is 7.05 Å². The summed E-state index contributed by atoms with van der Waals surface area (Å²) in [7, 11) is 1.27. The highest BCUT2D eigenvalue weighted by atomic mass is 35.5. The number of hydrogen-bond donors (Lipinski definition) is 1. The van der Waals surface area contributed by atoms with Gasteiger partial charge in [-0.15, -0.1) is 0 Å². The molecule has 2 aromatic rings. The highest BCUT2D eigenvalue weighted by Gasteiger charge is 2.35. The van der Waals surface area contributed by atoms with E-state index in [1.807, 2.05) is 0 Å². The lowest BCUT2D eigenvalue weighted by Gasteiger charge is -2.06. The second-order valence-corrected chi connectivity index (χ2v) is 5.28. The van der Waals surface area contributed by atoms with Crippen molar-refractivity contribution in [2.24, 2.45) is 7.05 Å². The minimum atomic E-state index is -4.60. The van der Waals surface area contributed by atoms with Crippen LogP contribution in [0, 0.1) is 0 Å². The van der Waals surface area contributed by atoms with Crippen molar-refractivity contribution in [2.75, 3.05) is 0 Å². The highest BCUT2D eigenvalue weighted by Crippen LogP contribution is 2.28. The molecule has 0 aliphatic rings. The van der Waals surface area contributed by atoms with Crippen LogP contribution in [0.4, 0.5) is 13.2 Å². The number of aryl methyl sites for hydroxylation is 1. The fourth-order valence-corrected chi connectivity index (χ4v) is 2.06. The molecule has 0 aliphatic carbocycles. The number of aromatic nitrogens is 2. The first-order valence-electron chi connectivity index (χ1n) is 6.02. The minimum absolute atomic E-state index is 0.0995. The van der Waals surface area contributed by atoms with E-state index in [-0.39, 0.29) is 12.2 Å². The molecule has 1 amide bonds. The SMILES string of the molecule is Cn1nc(C(F)(F)F)cc1C(=O)NCc1ccc(Cl)c(Cl)c1. The number of benzene rings is 1. The number of amides is 1. The maximum atomic E-state index is 12.5. The number of hydrogen-bond acceptors (Lipinski definition) is 2. The first-order valence-corrected chi connectivity index (χ1v) is 6.77. The Labute approximate surface area is 133 Å². The van der Waals surface area contributed by atoms with Gasteiger partial charge in [0, 0.05) is 19.7 Å². The van der Waals surface area contributed by atoms with E-state index >= 15 is 0 Å². The van der Waals surface area contributed by atoms with Crippen LogP contribution in [0.15, 0.2) is 24.3 Å². The average Bonchev–Trinajstić information content (AvgIpc) is 2.82. The fourth-order valence-electron chi connectivity index (χ4n) is 1.74. The molecule has 118 valence electrons. The summed E-state index contributed by atoms with van der Waals surface area (Å²) in [4.78, 5) is 11.9. The number of nitrogens with one attached hydrogen (secondary N) is 1. The molecule has 0 atom stereocenters. The van der Waals surface area contributed by atoms with Crippen molar-refractivity contribution in [1.82, 2.24) is 15.1 Å². The molecule has 0 bridgehead atoms. The molecule has 22 heavy (non-hydrogen) atoms. The van der Waals surface area contributed by atoms with Gasteiger partial charge in [0.2, 0.25) is 0 Å². The Kier molecular flexibility index (Phi) is 4.67. The monoisotopic (exact) mass is 351 g/mol. The highest BCUT2D eigenvalue weighted by molar-refractivity contribution is 6.42. The van der Waals surface area contributed by atoms with Crippen molar-refractivity contribution in [1.29, 1.82) is 0 Å². The lowest BCUT2D eigenvalue weighted by atomic mass is 10.2. The third-order valence-corrected chi connectivity index (χ3v) is 3.58. The number of alkyl halides is 3. The zero-order chi connectivity index (χ0) is 16.5. The van der Waals surface area contributed by atoms with E-state index in [9.17, 15) is 18.0 Å². The third kappa shape index (κ3) is 3.72. The van der Waals surface area contributed by atoms with Crippen molar-refractivity contribution in [3.63, 3.8) is 0 Å². The van der Waals surface area contributed by atoms with Crippen molar-refractivity contribution in [2.45, 2.75) is 12.7 Å². The van der Waals surface area contributed by atoms with Crippen LogP contribution in [0.25, 0.3) is 0 Å². The molecule has 0 aliphatic heterocycles. The van der Waals surface area contributed by atoms with Gasteiger partial charge >= 0.3 is 6.18 Å². The van der Waals surface area contributed by atoms with E-state index in [1.54, 1.807) is 18.2 Å². The number of carbonyl (C=O) groups excluding carboxylic acids is 1. The first kappa shape index (κ1) is 16.6. The van der Waals surface area contributed by atoms with Gasteiger partial charge in [-0.25, -0.2) is 0 Å². The number of nitrogens with zero attached hydrogens (tertiary/aromatic N) is 2. The van der Waals surface area contributed by atoms with Crippen molar-refractivity contribution >= 4 is 29.1 Å². The van der Waals surface area contributed by atoms with Crippen molar-refractivity contribution < 1.29 is 18.0 Å². The van der Waals surface area contributed by atoms with Crippen LogP contribution in [-0.2, 0) is 19.8 Å². The van der Waals surface area contributed by atoms with Gasteiger partial charge in [0.25, 0.3) is 5.91 Å². The summed E-state index contributed by atoms with van der Waals surface area (Å²) in [6, 6.07) is 5.48. The Morgan fingerprint density at radius 3 is 2.50 bits per heavy atom. The molecular weight excluding hydrogens is 342 g/mol. The average molecular weight is 352 g/mol. The molecule has 9 heteroatoms. The quantitative estimate of drug-likeness (QED) is 0.916. The maximum absolute atomic E-state index is 12.5. The fraction of sp³-hybridized carbons (Fsp3) is 0.231. The lowest BCUT2D eigenvalue weighted by Crippen LogP contribution is -2.25. The van der Waals surface area contributed by atoms with Gasteiger partial charge in [-0.05, 0) is 17.7 Å². The Morgan fingerprint density at radius 2 is 1.95 bits per heavy atom. The molecule has 0 radical (unpaired) electrons. The predicted octanol–water partition coefficient (Wildman–Crippen LogP) is 3.68. The van der Waals surface area contributed by atoms with E-state index in [2.05, 4.69) is 10.4 Å². The Morgan fingerprint density at radius 1 is 1.27 bits per heavy atom. The molecule has 0 saturated heterocycles. The Bertz CT molecular complexity index is 713. The first-order chi connectivity index (χ1) is 10.2. The van der Waals surface area contributed by atoms with Crippen molar-refractivity contribution in [3.05, 3.63) is 51.3 Å². The van der Waals surface area contributed by atoms with Crippen LogP contribution in [-0.4, -0.2) is 15.7 Å². The van der Waals surface area contributed by atoms with Gasteiger partial charge in [0.05, 0.1) is 10.0 Å². The smallest absolute Gasteiger partial charge is 0.347 e.